The Morgan fingerprint density at radius 1 is 1.35 bits per heavy atom. The van der Waals surface area contributed by atoms with Crippen molar-refractivity contribution in [1.29, 1.82) is 0 Å². The predicted octanol–water partition coefficient (Wildman–Crippen LogP) is 2.26. The molecule has 1 rings (SSSR count). The van der Waals surface area contributed by atoms with Gasteiger partial charge in [0.15, 0.2) is 11.5 Å². The maximum Gasteiger partial charge on any atom is 0.255 e. The third kappa shape index (κ3) is 3.98. The van der Waals surface area contributed by atoms with Crippen molar-refractivity contribution in [2.24, 2.45) is 5.92 Å². The molecule has 0 atom stereocenters. The number of nitrogens with one attached hydrogen (secondary N) is 1. The van der Waals surface area contributed by atoms with Crippen molar-refractivity contribution in [3.8, 4) is 11.5 Å². The molecular formula is C13H19NO3. The summed E-state index contributed by atoms with van der Waals surface area (Å²) in [4.78, 5) is 11.7. The number of carbonyl (C=O) groups excluding carboxylic acids is 1. The lowest BCUT2D eigenvalue weighted by molar-refractivity contribution is 0.0949. The zero-order chi connectivity index (χ0) is 12.8. The highest BCUT2D eigenvalue weighted by molar-refractivity contribution is 5.97. The van der Waals surface area contributed by atoms with Crippen molar-refractivity contribution in [3.05, 3.63) is 23.8 Å². The molecule has 94 valence electrons. The molecule has 0 fully saturated rings. The van der Waals surface area contributed by atoms with Gasteiger partial charge in [-0.05, 0) is 30.9 Å². The quantitative estimate of drug-likeness (QED) is 0.543. The van der Waals surface area contributed by atoms with Gasteiger partial charge >= 0.3 is 0 Å². The predicted molar refractivity (Wildman–Crippen MR) is 66.2 cm³/mol. The number of phenols is 2. The number of aromatic hydroxyl groups is 2. The van der Waals surface area contributed by atoms with Crippen LogP contribution in [0.5, 0.6) is 11.5 Å². The van der Waals surface area contributed by atoms with Gasteiger partial charge in [-0.1, -0.05) is 19.9 Å². The first-order chi connectivity index (χ1) is 8.02. The van der Waals surface area contributed by atoms with Gasteiger partial charge in [-0.25, -0.2) is 0 Å². The smallest absolute Gasteiger partial charge is 0.255 e. The van der Waals surface area contributed by atoms with Gasteiger partial charge in [0.25, 0.3) is 5.91 Å². The number of hydrogen-bond donors (Lipinski definition) is 3. The first-order valence-corrected chi connectivity index (χ1v) is 5.81. The number of amides is 1. The average molecular weight is 237 g/mol. The number of hydrogen-bond acceptors (Lipinski definition) is 3. The van der Waals surface area contributed by atoms with Crippen molar-refractivity contribution in [1.82, 2.24) is 5.32 Å². The second kappa shape index (κ2) is 6.13. The molecule has 1 aromatic rings. The first kappa shape index (κ1) is 13.4. The van der Waals surface area contributed by atoms with Crippen LogP contribution in [0.15, 0.2) is 18.2 Å². The van der Waals surface area contributed by atoms with Crippen LogP contribution < -0.4 is 5.32 Å². The number of para-hydroxylation sites is 1. The molecule has 0 aromatic heterocycles. The summed E-state index contributed by atoms with van der Waals surface area (Å²) in [6.07, 6.45) is 1.95. The maximum atomic E-state index is 11.7. The highest BCUT2D eigenvalue weighted by Crippen LogP contribution is 2.27. The van der Waals surface area contributed by atoms with Crippen LogP contribution >= 0.6 is 0 Å². The van der Waals surface area contributed by atoms with Crippen molar-refractivity contribution >= 4 is 5.91 Å². The Bertz CT molecular complexity index is 388. The molecule has 0 aliphatic carbocycles. The minimum Gasteiger partial charge on any atom is -0.504 e. The fourth-order valence-electron chi connectivity index (χ4n) is 1.52. The zero-order valence-electron chi connectivity index (χ0n) is 10.2. The Kier molecular flexibility index (Phi) is 4.82. The largest absolute Gasteiger partial charge is 0.504 e. The van der Waals surface area contributed by atoms with Gasteiger partial charge in [-0.15, -0.1) is 0 Å². The molecule has 17 heavy (non-hydrogen) atoms. The van der Waals surface area contributed by atoms with E-state index in [1.165, 1.54) is 18.2 Å². The van der Waals surface area contributed by atoms with E-state index in [1.807, 2.05) is 0 Å². The molecule has 0 saturated heterocycles. The summed E-state index contributed by atoms with van der Waals surface area (Å²) < 4.78 is 0. The first-order valence-electron chi connectivity index (χ1n) is 5.81. The normalized spacial score (nSPS) is 10.5. The number of carbonyl (C=O) groups is 1. The van der Waals surface area contributed by atoms with Gasteiger partial charge < -0.3 is 15.5 Å². The van der Waals surface area contributed by atoms with Crippen LogP contribution in [0.1, 0.15) is 37.0 Å². The van der Waals surface area contributed by atoms with Crippen LogP contribution in [0.2, 0.25) is 0 Å². The van der Waals surface area contributed by atoms with Crippen LogP contribution in [0.3, 0.4) is 0 Å². The van der Waals surface area contributed by atoms with Crippen LogP contribution in [0, 0.1) is 5.92 Å². The van der Waals surface area contributed by atoms with Crippen LogP contribution in [0.4, 0.5) is 0 Å². The van der Waals surface area contributed by atoms with Gasteiger partial charge in [0, 0.05) is 6.54 Å². The van der Waals surface area contributed by atoms with Crippen molar-refractivity contribution < 1.29 is 15.0 Å². The van der Waals surface area contributed by atoms with E-state index in [0.717, 1.165) is 12.8 Å². The molecular weight excluding hydrogens is 218 g/mol. The third-order valence-corrected chi connectivity index (χ3v) is 2.50. The summed E-state index contributed by atoms with van der Waals surface area (Å²) in [5, 5.41) is 21.5. The standard InChI is InChI=1S/C13H19NO3/c1-9(2)5-4-8-14-13(17)10-6-3-7-11(15)12(10)16/h3,6-7,9,15-16H,4-5,8H2,1-2H3,(H,14,17). The monoisotopic (exact) mass is 237 g/mol. The van der Waals surface area contributed by atoms with Crippen molar-refractivity contribution in [2.75, 3.05) is 6.54 Å². The van der Waals surface area contributed by atoms with Gasteiger partial charge in [0.2, 0.25) is 0 Å². The van der Waals surface area contributed by atoms with E-state index in [4.69, 9.17) is 0 Å². The molecule has 0 saturated carbocycles. The Labute approximate surface area is 101 Å². The zero-order valence-corrected chi connectivity index (χ0v) is 10.2. The summed E-state index contributed by atoms with van der Waals surface area (Å²) >= 11 is 0. The van der Waals surface area contributed by atoms with Gasteiger partial charge in [0.05, 0.1) is 5.56 Å². The van der Waals surface area contributed by atoms with Crippen molar-refractivity contribution in [3.63, 3.8) is 0 Å². The molecule has 0 aliphatic rings. The lowest BCUT2D eigenvalue weighted by atomic mass is 10.1. The topological polar surface area (TPSA) is 69.6 Å². The van der Waals surface area contributed by atoms with Crippen LogP contribution in [-0.2, 0) is 0 Å². The third-order valence-electron chi connectivity index (χ3n) is 2.50. The van der Waals surface area contributed by atoms with E-state index in [0.29, 0.717) is 12.5 Å². The molecule has 4 nitrogen and oxygen atoms in total. The summed E-state index contributed by atoms with van der Waals surface area (Å²) in [6, 6.07) is 4.34. The highest BCUT2D eigenvalue weighted by Gasteiger charge is 2.12. The summed E-state index contributed by atoms with van der Waals surface area (Å²) in [6.45, 7) is 4.83. The van der Waals surface area contributed by atoms with E-state index in [-0.39, 0.29) is 23.0 Å². The van der Waals surface area contributed by atoms with E-state index in [2.05, 4.69) is 19.2 Å². The Balaban J connectivity index is 2.50. The SMILES string of the molecule is CC(C)CCCNC(=O)c1cccc(O)c1O. The molecule has 4 heteroatoms. The van der Waals surface area contributed by atoms with E-state index in [1.54, 1.807) is 0 Å². The van der Waals surface area contributed by atoms with E-state index >= 15 is 0 Å². The van der Waals surface area contributed by atoms with E-state index in [9.17, 15) is 15.0 Å². The lowest BCUT2D eigenvalue weighted by Crippen LogP contribution is -2.24. The van der Waals surface area contributed by atoms with Crippen molar-refractivity contribution in [2.45, 2.75) is 26.7 Å². The maximum absolute atomic E-state index is 11.7. The van der Waals surface area contributed by atoms with Gasteiger partial charge in [-0.2, -0.15) is 0 Å². The Morgan fingerprint density at radius 2 is 2.06 bits per heavy atom. The molecule has 0 bridgehead atoms. The fraction of sp³-hybridized carbons (Fsp3) is 0.462. The fourth-order valence-corrected chi connectivity index (χ4v) is 1.52. The number of phenolic OH excluding ortho intramolecular Hbond substituents is 2. The van der Waals surface area contributed by atoms with E-state index < -0.39 is 0 Å². The second-order valence-electron chi connectivity index (χ2n) is 4.47. The average Bonchev–Trinajstić information content (AvgIpc) is 2.27. The lowest BCUT2D eigenvalue weighted by Gasteiger charge is -2.08. The van der Waals surface area contributed by atoms with Crippen LogP contribution in [0.25, 0.3) is 0 Å². The molecule has 0 heterocycles. The molecule has 1 aromatic carbocycles. The molecule has 3 N–H and O–H groups in total. The van der Waals surface area contributed by atoms with Crippen LogP contribution in [-0.4, -0.2) is 22.7 Å². The Morgan fingerprint density at radius 3 is 2.71 bits per heavy atom. The molecule has 1 amide bonds. The molecule has 0 aliphatic heterocycles. The summed E-state index contributed by atoms with van der Waals surface area (Å²) in [7, 11) is 0. The van der Waals surface area contributed by atoms with Gasteiger partial charge in [0.1, 0.15) is 0 Å². The Hall–Kier alpha value is -1.71. The molecule has 0 radical (unpaired) electrons. The molecule has 0 unspecified atom stereocenters. The molecule has 0 spiro atoms. The highest BCUT2D eigenvalue weighted by atomic mass is 16.3. The summed E-state index contributed by atoms with van der Waals surface area (Å²) in [5.74, 6) is -0.392. The minimum absolute atomic E-state index is 0.106. The second-order valence-corrected chi connectivity index (χ2v) is 4.47. The minimum atomic E-state index is -0.367. The number of rotatable bonds is 5. The summed E-state index contributed by atoms with van der Waals surface area (Å²) in [5.41, 5.74) is 0.106. The van der Waals surface area contributed by atoms with Gasteiger partial charge in [-0.3, -0.25) is 4.79 Å². The number of benzene rings is 1.